The quantitative estimate of drug-likeness (QED) is 0.170. The molecule has 0 aliphatic carbocycles. The number of para-hydroxylation sites is 1. The summed E-state index contributed by atoms with van der Waals surface area (Å²) < 4.78 is 44.9. The van der Waals surface area contributed by atoms with Gasteiger partial charge in [-0.1, -0.05) is 95.1 Å². The van der Waals surface area contributed by atoms with Crippen LogP contribution in [-0.2, 0) is 32.6 Å². The van der Waals surface area contributed by atoms with E-state index >= 15 is 4.39 Å². The van der Waals surface area contributed by atoms with Crippen LogP contribution in [0.3, 0.4) is 0 Å². The first-order valence-electron chi connectivity index (χ1n) is 14.7. The van der Waals surface area contributed by atoms with Gasteiger partial charge in [0.05, 0.1) is 10.6 Å². The first kappa shape index (κ1) is 33.9. The van der Waals surface area contributed by atoms with Crippen LogP contribution in [-0.4, -0.2) is 43.8 Å². The number of sulfonamides is 1. The fraction of sp³-hybridized carbons (Fsp3) is 0.257. The number of nitrogens with one attached hydrogen (secondary N) is 1. The number of benzene rings is 4. The monoisotopic (exact) mass is 693 g/mol. The van der Waals surface area contributed by atoms with Gasteiger partial charge in [-0.05, 0) is 67.8 Å². The minimum absolute atomic E-state index is 0.0133. The molecule has 4 aromatic rings. The van der Waals surface area contributed by atoms with E-state index in [9.17, 15) is 18.0 Å². The molecule has 0 saturated heterocycles. The molecule has 0 aliphatic heterocycles. The van der Waals surface area contributed by atoms with Gasteiger partial charge in [0.15, 0.2) is 0 Å². The number of halogens is 2. The molecule has 0 aliphatic rings. The third-order valence-electron chi connectivity index (χ3n) is 7.52. The summed E-state index contributed by atoms with van der Waals surface area (Å²) in [6, 6.07) is 27.1. The van der Waals surface area contributed by atoms with Crippen LogP contribution in [0.2, 0.25) is 0 Å². The van der Waals surface area contributed by atoms with Gasteiger partial charge in [0.2, 0.25) is 11.8 Å². The van der Waals surface area contributed by atoms with Gasteiger partial charge in [-0.2, -0.15) is 0 Å². The predicted octanol–water partition coefficient (Wildman–Crippen LogP) is 6.65. The zero-order valence-corrected chi connectivity index (χ0v) is 27.9. The Balaban J connectivity index is 1.82. The number of hydrogen-bond donors (Lipinski definition) is 1. The lowest BCUT2D eigenvalue weighted by Gasteiger charge is -2.34. The molecule has 0 unspecified atom stereocenters. The molecule has 0 radical (unpaired) electrons. The summed E-state index contributed by atoms with van der Waals surface area (Å²) in [4.78, 5) is 29.6. The zero-order valence-electron chi connectivity index (χ0n) is 25.5. The van der Waals surface area contributed by atoms with E-state index in [-0.39, 0.29) is 35.5 Å². The van der Waals surface area contributed by atoms with E-state index in [0.717, 1.165) is 31.5 Å². The van der Waals surface area contributed by atoms with Gasteiger partial charge in [-0.15, -0.1) is 0 Å². The highest BCUT2D eigenvalue weighted by Gasteiger charge is 2.35. The normalized spacial score (nSPS) is 12.6. The van der Waals surface area contributed by atoms with Crippen molar-refractivity contribution in [3.05, 3.63) is 130 Å². The summed E-state index contributed by atoms with van der Waals surface area (Å²) in [5.41, 5.74) is 2.13. The number of amides is 2. The zero-order chi connectivity index (χ0) is 32.6. The summed E-state index contributed by atoms with van der Waals surface area (Å²) in [6.45, 7) is 4.94. The number of carbonyl (C=O) groups is 2. The lowest BCUT2D eigenvalue weighted by molar-refractivity contribution is -0.140. The van der Waals surface area contributed by atoms with Crippen molar-refractivity contribution >= 4 is 43.5 Å². The summed E-state index contributed by atoms with van der Waals surface area (Å²) in [5, 5.41) is 3.00. The molecular weight excluding hydrogens is 657 g/mol. The minimum atomic E-state index is -4.39. The highest BCUT2D eigenvalue weighted by Crippen LogP contribution is 2.28. The molecule has 1 N–H and O–H groups in total. The molecule has 0 spiro atoms. The lowest BCUT2D eigenvalue weighted by Crippen LogP contribution is -2.54. The molecule has 4 rings (SSSR count). The fourth-order valence-corrected chi connectivity index (χ4v) is 6.70. The highest BCUT2D eigenvalue weighted by atomic mass is 79.9. The molecule has 2 amide bonds. The SMILES string of the molecule is CC[C@@H](C)NC(=O)[C@H](Cc1ccccc1)N(Cc1cccc(Br)c1)C(=O)CN(c1ccccc1F)S(=O)(=O)c1ccc(C)cc1. The van der Waals surface area contributed by atoms with Crippen molar-refractivity contribution in [3.63, 3.8) is 0 Å². The Bertz CT molecular complexity index is 1720. The standard InChI is InChI=1S/C35H37BrFN3O4S/c1-4-26(3)38-35(42)33(22-27-11-6-5-7-12-27)39(23-28-13-10-14-29(36)21-28)34(41)24-40(32-16-9-8-15-31(32)37)45(43,44)30-19-17-25(2)18-20-30/h5-21,26,33H,4,22-24H2,1-3H3,(H,38,42)/t26-,33+/m1/s1. The molecule has 10 heteroatoms. The number of hydrogen-bond acceptors (Lipinski definition) is 4. The molecule has 0 heterocycles. The molecule has 45 heavy (non-hydrogen) atoms. The molecule has 0 bridgehead atoms. The first-order chi connectivity index (χ1) is 21.5. The van der Waals surface area contributed by atoms with Gasteiger partial charge >= 0.3 is 0 Å². The second kappa shape index (κ2) is 15.3. The van der Waals surface area contributed by atoms with Crippen LogP contribution in [0.15, 0.2) is 112 Å². The fourth-order valence-electron chi connectivity index (χ4n) is 4.83. The molecule has 0 saturated carbocycles. The lowest BCUT2D eigenvalue weighted by atomic mass is 10.0. The van der Waals surface area contributed by atoms with Crippen molar-refractivity contribution in [3.8, 4) is 0 Å². The number of rotatable bonds is 13. The number of nitrogens with zero attached hydrogens (tertiary/aromatic N) is 2. The van der Waals surface area contributed by atoms with E-state index in [2.05, 4.69) is 21.2 Å². The van der Waals surface area contributed by atoms with Crippen LogP contribution < -0.4 is 9.62 Å². The Morgan fingerprint density at radius 3 is 2.18 bits per heavy atom. The van der Waals surface area contributed by atoms with Crippen molar-refractivity contribution in [1.29, 1.82) is 0 Å². The van der Waals surface area contributed by atoms with Gasteiger partial charge in [0.1, 0.15) is 18.4 Å². The third kappa shape index (κ3) is 8.79. The van der Waals surface area contributed by atoms with Gasteiger partial charge in [0, 0.05) is 23.5 Å². The van der Waals surface area contributed by atoms with Crippen LogP contribution in [0, 0.1) is 12.7 Å². The largest absolute Gasteiger partial charge is 0.352 e. The smallest absolute Gasteiger partial charge is 0.264 e. The number of anilines is 1. The first-order valence-corrected chi connectivity index (χ1v) is 16.9. The van der Waals surface area contributed by atoms with Crippen LogP contribution in [0.25, 0.3) is 0 Å². The number of aryl methyl sites for hydroxylation is 1. The Hall–Kier alpha value is -4.02. The van der Waals surface area contributed by atoms with Crippen molar-refractivity contribution < 1.29 is 22.4 Å². The van der Waals surface area contributed by atoms with Crippen molar-refractivity contribution in [2.75, 3.05) is 10.8 Å². The summed E-state index contributed by atoms with van der Waals surface area (Å²) in [6.07, 6.45) is 0.868. The van der Waals surface area contributed by atoms with Gasteiger partial charge in [-0.25, -0.2) is 12.8 Å². The van der Waals surface area contributed by atoms with Crippen LogP contribution in [0.1, 0.15) is 37.0 Å². The molecule has 236 valence electrons. The van der Waals surface area contributed by atoms with Gasteiger partial charge in [0.25, 0.3) is 10.0 Å². The molecule has 2 atom stereocenters. The molecule has 0 fully saturated rings. The summed E-state index contributed by atoms with van der Waals surface area (Å²) in [5.74, 6) is -1.82. The number of carbonyl (C=O) groups excluding carboxylic acids is 2. The van der Waals surface area contributed by atoms with Crippen LogP contribution >= 0.6 is 15.9 Å². The Labute approximate surface area is 273 Å². The minimum Gasteiger partial charge on any atom is -0.352 e. The van der Waals surface area contributed by atoms with Gasteiger partial charge < -0.3 is 10.2 Å². The third-order valence-corrected chi connectivity index (χ3v) is 9.79. The van der Waals surface area contributed by atoms with E-state index in [0.29, 0.717) is 6.42 Å². The Kier molecular flexibility index (Phi) is 11.5. The summed E-state index contributed by atoms with van der Waals surface area (Å²) in [7, 11) is -4.39. The highest BCUT2D eigenvalue weighted by molar-refractivity contribution is 9.10. The second-order valence-electron chi connectivity index (χ2n) is 11.0. The van der Waals surface area contributed by atoms with Crippen LogP contribution in [0.5, 0.6) is 0 Å². The topological polar surface area (TPSA) is 86.8 Å². The molecule has 0 aromatic heterocycles. The molecule has 7 nitrogen and oxygen atoms in total. The van der Waals surface area contributed by atoms with Crippen molar-refractivity contribution in [2.24, 2.45) is 0 Å². The Morgan fingerprint density at radius 2 is 1.53 bits per heavy atom. The molecule has 4 aromatic carbocycles. The summed E-state index contributed by atoms with van der Waals surface area (Å²) >= 11 is 3.47. The maximum atomic E-state index is 15.2. The van der Waals surface area contributed by atoms with E-state index in [1.54, 1.807) is 12.1 Å². The average molecular weight is 695 g/mol. The second-order valence-corrected chi connectivity index (χ2v) is 13.7. The van der Waals surface area contributed by atoms with E-state index in [1.807, 2.05) is 75.4 Å². The van der Waals surface area contributed by atoms with Crippen molar-refractivity contribution in [1.82, 2.24) is 10.2 Å². The molecular formula is C35H37BrFN3O4S. The van der Waals surface area contributed by atoms with Gasteiger partial charge in [-0.3, -0.25) is 13.9 Å². The van der Waals surface area contributed by atoms with E-state index in [4.69, 9.17) is 0 Å². The van der Waals surface area contributed by atoms with Crippen LogP contribution in [0.4, 0.5) is 10.1 Å². The van der Waals surface area contributed by atoms with E-state index < -0.39 is 34.3 Å². The Morgan fingerprint density at radius 1 is 0.889 bits per heavy atom. The van der Waals surface area contributed by atoms with Crippen molar-refractivity contribution in [2.45, 2.75) is 57.1 Å². The average Bonchev–Trinajstić information content (AvgIpc) is 3.02. The maximum absolute atomic E-state index is 15.2. The van der Waals surface area contributed by atoms with E-state index in [1.165, 1.54) is 35.2 Å². The maximum Gasteiger partial charge on any atom is 0.264 e. The predicted molar refractivity (Wildman–Crippen MR) is 179 cm³/mol.